The molecule has 0 saturated carbocycles. The van der Waals surface area contributed by atoms with E-state index in [9.17, 15) is 0 Å². The van der Waals surface area contributed by atoms with Crippen molar-refractivity contribution in [1.29, 1.82) is 0 Å². The highest BCUT2D eigenvalue weighted by molar-refractivity contribution is 5.83. The normalized spacial score (nSPS) is 11.0. The van der Waals surface area contributed by atoms with E-state index >= 15 is 0 Å². The first-order valence-corrected chi connectivity index (χ1v) is 17.6. The van der Waals surface area contributed by atoms with E-state index in [1.54, 1.807) is 0 Å². The molecule has 0 aliphatic rings. The van der Waals surface area contributed by atoms with Gasteiger partial charge in [0, 0.05) is 33.4 Å². The molecule has 0 aliphatic heterocycles. The van der Waals surface area contributed by atoms with Crippen LogP contribution >= 0.6 is 0 Å². The van der Waals surface area contributed by atoms with Crippen LogP contribution in [0, 0.1) is 0 Å². The lowest BCUT2D eigenvalue weighted by molar-refractivity contribution is 1.09. The summed E-state index contributed by atoms with van der Waals surface area (Å²) >= 11 is 0. The molecule has 0 radical (unpaired) electrons. The summed E-state index contributed by atoms with van der Waals surface area (Å²) in [5, 5.41) is 0. The van der Waals surface area contributed by atoms with Gasteiger partial charge in [-0.2, -0.15) is 0 Å². The van der Waals surface area contributed by atoms with Crippen LogP contribution in [0.15, 0.2) is 183 Å². The number of allylic oxidation sites excluding steroid dienone is 2. The van der Waals surface area contributed by atoms with Gasteiger partial charge < -0.3 is 9.97 Å². The predicted molar refractivity (Wildman–Crippen MR) is 217 cm³/mol. The zero-order valence-electron chi connectivity index (χ0n) is 28.9. The molecule has 4 nitrogen and oxygen atoms in total. The molecule has 0 aliphatic carbocycles. The SMILES string of the molecule is C=C(CCC(=C)c1ccc(-c2nc(-c3ccccc3)c(-c3ccccc3)[nH]2)cc1)c1ccc(-c2nc(-c3ccccc3)c(-c3ccccc3)[nH]2)cc1. The molecule has 4 heteroatoms. The summed E-state index contributed by atoms with van der Waals surface area (Å²) in [6.07, 6.45) is 1.63. The van der Waals surface area contributed by atoms with E-state index in [1.165, 1.54) is 0 Å². The van der Waals surface area contributed by atoms with Gasteiger partial charge in [0.05, 0.1) is 22.8 Å². The minimum atomic E-state index is 0.816. The number of aromatic nitrogens is 4. The number of nitrogens with one attached hydrogen (secondary N) is 2. The van der Waals surface area contributed by atoms with Crippen LogP contribution < -0.4 is 0 Å². The number of benzene rings is 6. The second-order valence-electron chi connectivity index (χ2n) is 12.9. The van der Waals surface area contributed by atoms with Crippen LogP contribution in [0.1, 0.15) is 24.0 Å². The number of rotatable bonds is 11. The average Bonchev–Trinajstić information content (AvgIpc) is 3.88. The van der Waals surface area contributed by atoms with E-state index in [4.69, 9.17) is 9.97 Å². The molecule has 8 rings (SSSR count). The third-order valence-corrected chi connectivity index (χ3v) is 9.49. The molecular formula is C48H38N4. The Hall–Kier alpha value is -6.78. The minimum absolute atomic E-state index is 0.816. The van der Waals surface area contributed by atoms with Crippen molar-refractivity contribution >= 4 is 11.1 Å². The van der Waals surface area contributed by atoms with Gasteiger partial charge in [-0.3, -0.25) is 0 Å². The highest BCUT2D eigenvalue weighted by atomic mass is 14.9. The van der Waals surface area contributed by atoms with E-state index < -0.39 is 0 Å². The van der Waals surface area contributed by atoms with Crippen LogP contribution in [0.2, 0.25) is 0 Å². The molecule has 2 N–H and O–H groups in total. The van der Waals surface area contributed by atoms with Crippen molar-refractivity contribution in [2.45, 2.75) is 12.8 Å². The first kappa shape index (κ1) is 32.4. The van der Waals surface area contributed by atoms with E-state index in [-0.39, 0.29) is 0 Å². The van der Waals surface area contributed by atoms with Crippen molar-refractivity contribution < 1.29 is 0 Å². The first-order valence-electron chi connectivity index (χ1n) is 17.6. The summed E-state index contributed by atoms with van der Waals surface area (Å²) in [5.74, 6) is 1.68. The zero-order valence-corrected chi connectivity index (χ0v) is 28.9. The van der Waals surface area contributed by atoms with Gasteiger partial charge in [0.15, 0.2) is 0 Å². The molecule has 52 heavy (non-hydrogen) atoms. The standard InChI is InChI=1S/C48H38N4/c1-33(35-25-29-41(30-26-35)47-49-43(37-15-7-3-8-16-37)44(50-47)38-17-9-4-10-18-38)23-24-34(2)36-27-31-42(32-28-36)48-51-45(39-19-11-5-12-20-39)46(52-48)40-21-13-6-14-22-40/h3-22,25-32H,1-2,23-24H2,(H,49,50)(H,51,52). The van der Waals surface area contributed by atoms with Crippen LogP contribution in [0.4, 0.5) is 0 Å². The molecule has 0 amide bonds. The monoisotopic (exact) mass is 670 g/mol. The summed E-state index contributed by atoms with van der Waals surface area (Å²) in [6, 6.07) is 58.4. The largest absolute Gasteiger partial charge is 0.337 e. The third-order valence-electron chi connectivity index (χ3n) is 9.49. The summed E-state index contributed by atoms with van der Waals surface area (Å²) < 4.78 is 0. The zero-order chi connectivity index (χ0) is 35.3. The van der Waals surface area contributed by atoms with Gasteiger partial charge >= 0.3 is 0 Å². The molecule has 0 bridgehead atoms. The van der Waals surface area contributed by atoms with E-state index in [0.29, 0.717) is 0 Å². The van der Waals surface area contributed by atoms with Crippen molar-refractivity contribution in [3.05, 3.63) is 194 Å². The molecule has 250 valence electrons. The Balaban J connectivity index is 0.948. The Morgan fingerprint density at radius 2 is 0.673 bits per heavy atom. The van der Waals surface area contributed by atoms with Crippen molar-refractivity contribution in [2.75, 3.05) is 0 Å². The Morgan fingerprint density at radius 1 is 0.365 bits per heavy atom. The number of H-pyrrole nitrogens is 2. The maximum atomic E-state index is 5.06. The number of imidazole rings is 2. The fourth-order valence-corrected chi connectivity index (χ4v) is 6.58. The Kier molecular flexibility index (Phi) is 9.10. The van der Waals surface area contributed by atoms with Crippen molar-refractivity contribution in [1.82, 2.24) is 19.9 Å². The molecule has 0 atom stereocenters. The lowest BCUT2D eigenvalue weighted by atomic mass is 9.96. The fraction of sp³-hybridized carbons (Fsp3) is 0.0417. The molecule has 0 saturated heterocycles. The predicted octanol–water partition coefficient (Wildman–Crippen LogP) is 12.6. The second kappa shape index (κ2) is 14.6. The topological polar surface area (TPSA) is 57.4 Å². The molecular weight excluding hydrogens is 633 g/mol. The smallest absolute Gasteiger partial charge is 0.138 e. The van der Waals surface area contributed by atoms with Crippen LogP contribution in [0.5, 0.6) is 0 Å². The molecule has 6 aromatic carbocycles. The fourth-order valence-electron chi connectivity index (χ4n) is 6.58. The molecule has 0 spiro atoms. The number of aromatic amines is 2. The Labute approximate surface area is 304 Å². The van der Waals surface area contributed by atoms with Crippen LogP contribution in [-0.2, 0) is 0 Å². The van der Waals surface area contributed by atoms with E-state index in [0.717, 1.165) is 103 Å². The second-order valence-corrected chi connectivity index (χ2v) is 12.9. The average molecular weight is 671 g/mol. The quantitative estimate of drug-likeness (QED) is 0.144. The molecule has 2 aromatic heterocycles. The minimum Gasteiger partial charge on any atom is -0.337 e. The van der Waals surface area contributed by atoms with Gasteiger partial charge in [0.2, 0.25) is 0 Å². The number of nitrogens with zero attached hydrogens (tertiary/aromatic N) is 2. The van der Waals surface area contributed by atoms with Crippen LogP contribution in [0.25, 0.3) is 79.0 Å². The number of hydrogen-bond donors (Lipinski definition) is 2. The third kappa shape index (κ3) is 6.83. The van der Waals surface area contributed by atoms with Gasteiger partial charge in [0.1, 0.15) is 11.6 Å². The molecule has 8 aromatic rings. The van der Waals surface area contributed by atoms with Gasteiger partial charge in [-0.25, -0.2) is 9.97 Å². The van der Waals surface area contributed by atoms with Crippen molar-refractivity contribution in [3.8, 4) is 67.8 Å². The summed E-state index contributed by atoms with van der Waals surface area (Å²) in [5.41, 5.74) is 14.8. The summed E-state index contributed by atoms with van der Waals surface area (Å²) in [6.45, 7) is 8.86. The molecule has 0 fully saturated rings. The van der Waals surface area contributed by atoms with Gasteiger partial charge in [0.25, 0.3) is 0 Å². The van der Waals surface area contributed by atoms with Crippen molar-refractivity contribution in [3.63, 3.8) is 0 Å². The summed E-state index contributed by atoms with van der Waals surface area (Å²) in [4.78, 5) is 17.3. The molecule has 2 heterocycles. The lowest BCUT2D eigenvalue weighted by Gasteiger charge is -2.10. The first-order chi connectivity index (χ1) is 25.6. The highest BCUT2D eigenvalue weighted by Gasteiger charge is 2.17. The maximum absolute atomic E-state index is 5.06. The Morgan fingerprint density at radius 3 is 1.00 bits per heavy atom. The lowest BCUT2D eigenvalue weighted by Crippen LogP contribution is -1.89. The summed E-state index contributed by atoms with van der Waals surface area (Å²) in [7, 11) is 0. The van der Waals surface area contributed by atoms with Gasteiger partial charge in [-0.15, -0.1) is 0 Å². The maximum Gasteiger partial charge on any atom is 0.138 e. The van der Waals surface area contributed by atoms with E-state index in [1.807, 2.05) is 48.5 Å². The number of hydrogen-bond acceptors (Lipinski definition) is 2. The van der Waals surface area contributed by atoms with Gasteiger partial charge in [-0.05, 0) is 35.1 Å². The van der Waals surface area contributed by atoms with Crippen LogP contribution in [-0.4, -0.2) is 19.9 Å². The van der Waals surface area contributed by atoms with E-state index in [2.05, 4.69) is 144 Å². The van der Waals surface area contributed by atoms with Crippen molar-refractivity contribution in [2.24, 2.45) is 0 Å². The van der Waals surface area contributed by atoms with Gasteiger partial charge in [-0.1, -0.05) is 183 Å². The van der Waals surface area contributed by atoms with Crippen LogP contribution in [0.3, 0.4) is 0 Å². The Bertz CT molecular complexity index is 2150. The highest BCUT2D eigenvalue weighted by Crippen LogP contribution is 2.35. The molecule has 0 unspecified atom stereocenters.